The molecule has 1 heterocycles. The van der Waals surface area contributed by atoms with Gasteiger partial charge in [-0.15, -0.1) is 0 Å². The van der Waals surface area contributed by atoms with Gasteiger partial charge in [-0.25, -0.2) is 0 Å². The fourth-order valence-electron chi connectivity index (χ4n) is 7.11. The lowest BCUT2D eigenvalue weighted by Crippen LogP contribution is -2.37. The van der Waals surface area contributed by atoms with E-state index < -0.39 is 0 Å². The lowest BCUT2D eigenvalue weighted by Gasteiger charge is -2.27. The van der Waals surface area contributed by atoms with E-state index in [-0.39, 0.29) is 55.0 Å². The van der Waals surface area contributed by atoms with Crippen LogP contribution < -0.4 is 0 Å². The Morgan fingerprint density at radius 1 is 0.882 bits per heavy atom. The standard InChI is InChI=1S/C41H62BBr2NO6/c1-3-5-29-42-50-37-32-38(51-42)36(28-27-34(26-25-33-19-11-8-12-20-33)49-41(48)24-16-10-18-31-44)35(37)21-13-6-7-14-22-39(46)45(4-2)40(47)23-15-9-17-30-43/h6,8,11-13,19-20,27-28,34-38H,3-5,7,9-10,14-18,21-26,29-32H2,1-2H3/b13-6-,28-27+/t34-,35+,36+,37?,38?/m0/s1. The number of alkyl halides is 2. The molecule has 1 aromatic rings. The quantitative estimate of drug-likeness (QED) is 0.0304. The topological polar surface area (TPSA) is 82.1 Å². The van der Waals surface area contributed by atoms with Crippen LogP contribution in [0.25, 0.3) is 0 Å². The zero-order chi connectivity index (χ0) is 36.7. The Labute approximate surface area is 325 Å². The van der Waals surface area contributed by atoms with E-state index in [1.165, 1.54) is 10.5 Å². The third-order valence-corrected chi connectivity index (χ3v) is 11.1. The normalized spacial score (nSPS) is 20.7. The monoisotopic (exact) mass is 833 g/mol. The Morgan fingerprint density at radius 2 is 1.57 bits per heavy atom. The Hall–Kier alpha value is -1.75. The van der Waals surface area contributed by atoms with Gasteiger partial charge < -0.3 is 14.0 Å². The van der Waals surface area contributed by atoms with Gasteiger partial charge in [0.05, 0.1) is 6.10 Å². The van der Waals surface area contributed by atoms with Crippen molar-refractivity contribution in [2.75, 3.05) is 17.2 Å². The number of aryl methyl sites for hydroxylation is 1. The van der Waals surface area contributed by atoms with Crippen molar-refractivity contribution in [3.05, 3.63) is 60.2 Å². The highest BCUT2D eigenvalue weighted by Gasteiger charge is 2.49. The fraction of sp³-hybridized carbons (Fsp3) is 0.683. The van der Waals surface area contributed by atoms with E-state index in [9.17, 15) is 14.4 Å². The third-order valence-electron chi connectivity index (χ3n) is 10.00. The van der Waals surface area contributed by atoms with Gasteiger partial charge >= 0.3 is 13.1 Å². The molecule has 5 atom stereocenters. The van der Waals surface area contributed by atoms with Gasteiger partial charge in [0.2, 0.25) is 11.8 Å². The second-order valence-electron chi connectivity index (χ2n) is 14.0. The van der Waals surface area contributed by atoms with E-state index in [1.807, 2.05) is 25.1 Å². The van der Waals surface area contributed by atoms with Gasteiger partial charge in [-0.3, -0.25) is 19.3 Å². The van der Waals surface area contributed by atoms with Gasteiger partial charge in [0, 0.05) is 48.5 Å². The van der Waals surface area contributed by atoms with Crippen LogP contribution in [0.3, 0.4) is 0 Å². The van der Waals surface area contributed by atoms with Crippen molar-refractivity contribution >= 4 is 56.8 Å². The van der Waals surface area contributed by atoms with Gasteiger partial charge in [0.15, 0.2) is 0 Å². The third kappa shape index (κ3) is 16.4. The van der Waals surface area contributed by atoms with E-state index in [0.717, 1.165) is 100 Å². The maximum Gasteiger partial charge on any atom is 0.457 e. The van der Waals surface area contributed by atoms with Gasteiger partial charge in [-0.05, 0) is 95.0 Å². The van der Waals surface area contributed by atoms with Crippen LogP contribution >= 0.6 is 31.9 Å². The summed E-state index contributed by atoms with van der Waals surface area (Å²) in [6, 6.07) is 10.4. The summed E-state index contributed by atoms with van der Waals surface area (Å²) >= 11 is 6.90. The van der Waals surface area contributed by atoms with Crippen molar-refractivity contribution < 1.29 is 28.4 Å². The molecule has 1 saturated carbocycles. The SMILES string of the molecule is CCCCB1OC2CC(O1)[C@H](C/C=C\CCCC(=O)N(CC)C(=O)CCCCCBr)[C@H]2/C=C/[C@H](CCc1ccccc1)OC(=O)CCCCCBr. The molecule has 2 unspecified atom stereocenters. The highest BCUT2D eigenvalue weighted by Crippen LogP contribution is 2.44. The molecule has 0 radical (unpaired) electrons. The highest BCUT2D eigenvalue weighted by atomic mass is 79.9. The van der Waals surface area contributed by atoms with E-state index in [1.54, 1.807) is 0 Å². The molecule has 284 valence electrons. The van der Waals surface area contributed by atoms with Crippen LogP contribution in [0.5, 0.6) is 0 Å². The zero-order valence-corrected chi connectivity index (χ0v) is 34.3. The number of carbonyl (C=O) groups is 3. The number of imide groups is 1. The number of hydrogen-bond acceptors (Lipinski definition) is 6. The minimum absolute atomic E-state index is 0.0547. The fourth-order valence-corrected chi connectivity index (χ4v) is 7.90. The Morgan fingerprint density at radius 3 is 2.25 bits per heavy atom. The van der Waals surface area contributed by atoms with Crippen LogP contribution in [0.4, 0.5) is 0 Å². The molecular formula is C41H62BBr2NO6. The number of benzene rings is 1. The molecule has 0 aromatic heterocycles. The Bertz CT molecular complexity index is 1200. The summed E-state index contributed by atoms with van der Waals surface area (Å²) in [5.41, 5.74) is 1.23. The minimum atomic E-state index is -0.302. The molecule has 51 heavy (non-hydrogen) atoms. The first-order chi connectivity index (χ1) is 24.9. The summed E-state index contributed by atoms with van der Waals surface area (Å²) in [5.74, 6) is 0.148. The van der Waals surface area contributed by atoms with Gasteiger partial charge in [0.1, 0.15) is 6.10 Å². The molecule has 7 nitrogen and oxygen atoms in total. The average Bonchev–Trinajstić information content (AvgIpc) is 3.38. The number of hydrogen-bond donors (Lipinski definition) is 0. The second kappa shape index (κ2) is 26.1. The zero-order valence-electron chi connectivity index (χ0n) is 31.2. The Kier molecular flexibility index (Phi) is 22.3. The summed E-state index contributed by atoms with van der Waals surface area (Å²) in [6.07, 6.45) is 23.5. The molecule has 2 fully saturated rings. The summed E-state index contributed by atoms with van der Waals surface area (Å²) in [4.78, 5) is 39.7. The number of rotatable bonds is 26. The number of allylic oxidation sites excluding steroid dienone is 2. The van der Waals surface area contributed by atoms with E-state index in [4.69, 9.17) is 14.0 Å². The van der Waals surface area contributed by atoms with E-state index in [0.29, 0.717) is 32.2 Å². The molecule has 1 saturated heterocycles. The summed E-state index contributed by atoms with van der Waals surface area (Å²) in [5, 5.41) is 1.89. The first kappa shape index (κ1) is 43.7. The average molecular weight is 836 g/mol. The number of nitrogens with zero attached hydrogens (tertiary/aromatic N) is 1. The summed E-state index contributed by atoms with van der Waals surface area (Å²) in [7, 11) is -0.176. The van der Waals surface area contributed by atoms with Crippen molar-refractivity contribution in [3.8, 4) is 0 Å². The minimum Gasteiger partial charge on any atom is -0.458 e. The number of unbranched alkanes of at least 4 members (excludes halogenated alkanes) is 6. The lowest BCUT2D eigenvalue weighted by atomic mass is 9.80. The lowest BCUT2D eigenvalue weighted by molar-refractivity contribution is -0.147. The smallest absolute Gasteiger partial charge is 0.457 e. The maximum atomic E-state index is 12.9. The van der Waals surface area contributed by atoms with Gasteiger partial charge in [0.25, 0.3) is 0 Å². The molecule has 1 aliphatic heterocycles. The summed E-state index contributed by atoms with van der Waals surface area (Å²) in [6.45, 7) is 4.49. The number of ether oxygens (including phenoxy) is 1. The molecule has 2 amide bonds. The van der Waals surface area contributed by atoms with Crippen LogP contribution in [0.1, 0.15) is 122 Å². The molecule has 1 aromatic carbocycles. The molecule has 3 rings (SSSR count). The van der Waals surface area contributed by atoms with E-state index in [2.05, 4.69) is 75.2 Å². The molecule has 1 aliphatic carbocycles. The number of fused-ring (bicyclic) bond motifs is 2. The van der Waals surface area contributed by atoms with Crippen LogP contribution in [-0.2, 0) is 34.9 Å². The molecular weight excluding hydrogens is 773 g/mol. The first-order valence-electron chi connectivity index (χ1n) is 19.7. The van der Waals surface area contributed by atoms with Crippen molar-refractivity contribution in [1.82, 2.24) is 4.90 Å². The number of carbonyl (C=O) groups excluding carboxylic acids is 3. The van der Waals surface area contributed by atoms with Gasteiger partial charge in [-0.2, -0.15) is 0 Å². The second-order valence-corrected chi connectivity index (χ2v) is 15.6. The molecule has 0 spiro atoms. The van der Waals surface area contributed by atoms with Crippen molar-refractivity contribution in [1.29, 1.82) is 0 Å². The molecule has 0 N–H and O–H groups in total. The van der Waals surface area contributed by atoms with E-state index >= 15 is 0 Å². The predicted octanol–water partition coefficient (Wildman–Crippen LogP) is 10.2. The van der Waals surface area contributed by atoms with Crippen molar-refractivity contribution in [2.45, 2.75) is 148 Å². The van der Waals surface area contributed by atoms with Crippen LogP contribution in [0.2, 0.25) is 6.32 Å². The number of esters is 1. The van der Waals surface area contributed by atoms with Gasteiger partial charge in [-0.1, -0.05) is 113 Å². The first-order valence-corrected chi connectivity index (χ1v) is 22.0. The Balaban J connectivity index is 1.62. The largest absolute Gasteiger partial charge is 0.458 e. The predicted molar refractivity (Wildman–Crippen MR) is 215 cm³/mol. The number of halogens is 2. The van der Waals surface area contributed by atoms with Crippen LogP contribution in [0, 0.1) is 11.8 Å². The van der Waals surface area contributed by atoms with Crippen LogP contribution in [0.15, 0.2) is 54.6 Å². The molecule has 2 aliphatic rings. The number of amides is 2. The van der Waals surface area contributed by atoms with Crippen molar-refractivity contribution in [2.24, 2.45) is 11.8 Å². The summed E-state index contributed by atoms with van der Waals surface area (Å²) < 4.78 is 19.1. The molecule has 10 heteroatoms. The van der Waals surface area contributed by atoms with Crippen molar-refractivity contribution in [3.63, 3.8) is 0 Å². The molecule has 2 bridgehead atoms. The highest BCUT2D eigenvalue weighted by molar-refractivity contribution is 9.09. The van der Waals surface area contributed by atoms with Crippen LogP contribution in [-0.4, -0.2) is 65.3 Å². The maximum absolute atomic E-state index is 12.9.